The molecule has 0 rings (SSSR count). The van der Waals surface area contributed by atoms with Gasteiger partial charge < -0.3 is 32.5 Å². The van der Waals surface area contributed by atoms with Gasteiger partial charge in [-0.3, -0.25) is 24.0 Å². The molecule has 0 fully saturated rings. The van der Waals surface area contributed by atoms with E-state index in [9.17, 15) is 24.0 Å². The van der Waals surface area contributed by atoms with Gasteiger partial charge in [-0.15, -0.1) is 0 Å². The Hall–Kier alpha value is -2.69. The van der Waals surface area contributed by atoms with Crippen LogP contribution in [0.5, 0.6) is 0 Å². The normalized spacial score (nSPS) is 15.1. The minimum Gasteiger partial charge on any atom is -0.480 e. The Bertz CT molecular complexity index is 637. The molecule has 0 heterocycles. The Balaban J connectivity index is 5.32. The molecule has 0 aliphatic heterocycles. The van der Waals surface area contributed by atoms with Crippen LogP contribution in [0, 0.1) is 11.8 Å². The standard InChI is InChI=1S/C19H35N5O6/c1-9(2)8-12(20)16(26)24-15(10(3)4)18(28)23-13(6-7-14(21)25)17(27)22-11(5)19(29)30/h9-13,15H,6-8,20H2,1-5H3,(H2,21,25)(H,22,27)(H,23,28)(H,24,26)(H,29,30). The first-order valence-corrected chi connectivity index (χ1v) is 9.94. The lowest BCUT2D eigenvalue weighted by molar-refractivity contribution is -0.142. The minimum absolute atomic E-state index is 0.120. The lowest BCUT2D eigenvalue weighted by Gasteiger charge is -2.26. The molecule has 11 heteroatoms. The second kappa shape index (κ2) is 12.8. The number of carbonyl (C=O) groups excluding carboxylic acids is 4. The van der Waals surface area contributed by atoms with Crippen molar-refractivity contribution in [3.63, 3.8) is 0 Å². The van der Waals surface area contributed by atoms with Gasteiger partial charge in [0, 0.05) is 6.42 Å². The Labute approximate surface area is 176 Å². The molecule has 0 aliphatic rings. The van der Waals surface area contributed by atoms with Crippen LogP contribution in [0.15, 0.2) is 0 Å². The molecule has 0 saturated heterocycles. The summed E-state index contributed by atoms with van der Waals surface area (Å²) in [5.74, 6) is -3.98. The fourth-order valence-electron chi connectivity index (χ4n) is 2.60. The van der Waals surface area contributed by atoms with Crippen LogP contribution in [0.1, 0.15) is 53.9 Å². The number of nitrogens with one attached hydrogen (secondary N) is 3. The Morgan fingerprint density at radius 3 is 1.87 bits per heavy atom. The van der Waals surface area contributed by atoms with E-state index < -0.39 is 53.8 Å². The average Bonchev–Trinajstić information content (AvgIpc) is 2.61. The summed E-state index contributed by atoms with van der Waals surface area (Å²) in [7, 11) is 0. The molecule has 8 N–H and O–H groups in total. The van der Waals surface area contributed by atoms with Gasteiger partial charge in [0.15, 0.2) is 0 Å². The van der Waals surface area contributed by atoms with Crippen molar-refractivity contribution in [2.45, 2.75) is 78.0 Å². The Kier molecular flexibility index (Phi) is 11.6. The van der Waals surface area contributed by atoms with Crippen molar-refractivity contribution in [2.24, 2.45) is 23.3 Å². The predicted molar refractivity (Wildman–Crippen MR) is 110 cm³/mol. The van der Waals surface area contributed by atoms with Crippen molar-refractivity contribution in [3.05, 3.63) is 0 Å². The summed E-state index contributed by atoms with van der Waals surface area (Å²) < 4.78 is 0. The molecule has 0 saturated carbocycles. The smallest absolute Gasteiger partial charge is 0.325 e. The van der Waals surface area contributed by atoms with Crippen molar-refractivity contribution in [3.8, 4) is 0 Å². The SMILES string of the molecule is CC(C)CC(N)C(=O)NC(C(=O)NC(CCC(N)=O)C(=O)NC(C)C(=O)O)C(C)C. The molecular weight excluding hydrogens is 394 g/mol. The number of aliphatic carboxylic acids is 1. The van der Waals surface area contributed by atoms with Crippen molar-refractivity contribution in [2.75, 3.05) is 0 Å². The summed E-state index contributed by atoms with van der Waals surface area (Å²) in [5, 5.41) is 16.3. The maximum absolute atomic E-state index is 12.8. The van der Waals surface area contributed by atoms with Crippen molar-refractivity contribution < 1.29 is 29.1 Å². The van der Waals surface area contributed by atoms with Crippen LogP contribution >= 0.6 is 0 Å². The van der Waals surface area contributed by atoms with Crippen LogP contribution in [0.3, 0.4) is 0 Å². The van der Waals surface area contributed by atoms with Gasteiger partial charge in [-0.1, -0.05) is 27.7 Å². The van der Waals surface area contributed by atoms with Crippen LogP contribution in [-0.2, 0) is 24.0 Å². The molecule has 0 aromatic heterocycles. The van der Waals surface area contributed by atoms with Crippen LogP contribution in [0.4, 0.5) is 0 Å². The third-order valence-corrected chi connectivity index (χ3v) is 4.35. The number of primary amides is 1. The van der Waals surface area contributed by atoms with Crippen LogP contribution in [0.25, 0.3) is 0 Å². The molecule has 4 amide bonds. The summed E-state index contributed by atoms with van der Waals surface area (Å²) in [6.45, 7) is 8.52. The minimum atomic E-state index is -1.25. The zero-order chi connectivity index (χ0) is 23.6. The third-order valence-electron chi connectivity index (χ3n) is 4.35. The van der Waals surface area contributed by atoms with E-state index in [1.165, 1.54) is 6.92 Å². The maximum atomic E-state index is 12.8. The topological polar surface area (TPSA) is 194 Å². The highest BCUT2D eigenvalue weighted by Gasteiger charge is 2.31. The van der Waals surface area contributed by atoms with Gasteiger partial charge in [0.1, 0.15) is 18.1 Å². The van der Waals surface area contributed by atoms with Gasteiger partial charge in [-0.25, -0.2) is 0 Å². The van der Waals surface area contributed by atoms with Gasteiger partial charge in [0.05, 0.1) is 6.04 Å². The van der Waals surface area contributed by atoms with Crippen LogP contribution < -0.4 is 27.4 Å². The maximum Gasteiger partial charge on any atom is 0.325 e. The number of nitrogens with two attached hydrogens (primary N) is 2. The summed E-state index contributed by atoms with van der Waals surface area (Å²) in [6.07, 6.45) is 0.123. The highest BCUT2D eigenvalue weighted by molar-refractivity contribution is 5.94. The number of rotatable bonds is 13. The van der Waals surface area contributed by atoms with Crippen molar-refractivity contribution in [1.29, 1.82) is 0 Å². The molecule has 0 aromatic carbocycles. The van der Waals surface area contributed by atoms with E-state index in [0.717, 1.165) is 0 Å². The van der Waals surface area contributed by atoms with Crippen molar-refractivity contribution >= 4 is 29.6 Å². The largest absolute Gasteiger partial charge is 0.480 e. The summed E-state index contributed by atoms with van der Waals surface area (Å²) in [4.78, 5) is 59.6. The van der Waals surface area contributed by atoms with E-state index in [-0.39, 0.29) is 24.7 Å². The first-order valence-electron chi connectivity index (χ1n) is 9.94. The number of hydrogen-bond acceptors (Lipinski definition) is 6. The lowest BCUT2D eigenvalue weighted by atomic mass is 9.99. The van der Waals surface area contributed by atoms with Gasteiger partial charge in [-0.2, -0.15) is 0 Å². The number of amides is 4. The first kappa shape index (κ1) is 27.3. The predicted octanol–water partition coefficient (Wildman–Crippen LogP) is -1.16. The quantitative estimate of drug-likeness (QED) is 0.212. The molecule has 11 nitrogen and oxygen atoms in total. The summed E-state index contributed by atoms with van der Waals surface area (Å²) in [6, 6.07) is -4.16. The van der Waals surface area contributed by atoms with Crippen LogP contribution in [-0.4, -0.2) is 58.9 Å². The van der Waals surface area contributed by atoms with Gasteiger partial charge in [0.25, 0.3) is 0 Å². The van der Waals surface area contributed by atoms with E-state index in [0.29, 0.717) is 6.42 Å². The molecular formula is C19H35N5O6. The molecule has 4 unspecified atom stereocenters. The Morgan fingerprint density at radius 2 is 1.43 bits per heavy atom. The molecule has 0 aliphatic carbocycles. The average molecular weight is 430 g/mol. The summed E-state index contributed by atoms with van der Waals surface area (Å²) >= 11 is 0. The summed E-state index contributed by atoms with van der Waals surface area (Å²) in [5.41, 5.74) is 11.0. The van der Waals surface area contributed by atoms with Crippen molar-refractivity contribution in [1.82, 2.24) is 16.0 Å². The molecule has 0 radical (unpaired) electrons. The highest BCUT2D eigenvalue weighted by Crippen LogP contribution is 2.08. The molecule has 4 atom stereocenters. The number of carboxylic acid groups (broad SMARTS) is 1. The number of hydrogen-bond donors (Lipinski definition) is 6. The molecule has 30 heavy (non-hydrogen) atoms. The fourth-order valence-corrected chi connectivity index (χ4v) is 2.60. The lowest BCUT2D eigenvalue weighted by Crippen LogP contribution is -2.58. The zero-order valence-electron chi connectivity index (χ0n) is 18.2. The van der Waals surface area contributed by atoms with Gasteiger partial charge in [0.2, 0.25) is 23.6 Å². The Morgan fingerprint density at radius 1 is 0.867 bits per heavy atom. The highest BCUT2D eigenvalue weighted by atomic mass is 16.4. The van der Waals surface area contributed by atoms with E-state index >= 15 is 0 Å². The number of carboxylic acids is 1. The molecule has 0 spiro atoms. The van der Waals surface area contributed by atoms with E-state index in [1.54, 1.807) is 13.8 Å². The van der Waals surface area contributed by atoms with E-state index in [4.69, 9.17) is 16.6 Å². The molecule has 0 aromatic rings. The third kappa shape index (κ3) is 10.2. The van der Waals surface area contributed by atoms with Gasteiger partial charge in [-0.05, 0) is 31.6 Å². The second-order valence-electron chi connectivity index (χ2n) is 8.10. The van der Waals surface area contributed by atoms with E-state index in [1.807, 2.05) is 13.8 Å². The number of carbonyl (C=O) groups is 5. The molecule has 0 bridgehead atoms. The second-order valence-corrected chi connectivity index (χ2v) is 8.10. The van der Waals surface area contributed by atoms with Crippen LogP contribution in [0.2, 0.25) is 0 Å². The molecule has 172 valence electrons. The first-order chi connectivity index (χ1) is 13.8. The van der Waals surface area contributed by atoms with Gasteiger partial charge >= 0.3 is 5.97 Å². The van der Waals surface area contributed by atoms with E-state index in [2.05, 4.69) is 16.0 Å². The zero-order valence-corrected chi connectivity index (χ0v) is 18.2. The fraction of sp³-hybridized carbons (Fsp3) is 0.737. The monoisotopic (exact) mass is 429 g/mol.